The predicted molar refractivity (Wildman–Crippen MR) is 102 cm³/mol. The highest BCUT2D eigenvalue weighted by Gasteiger charge is 2.22. The molecule has 26 heavy (non-hydrogen) atoms. The molecule has 0 aliphatic heterocycles. The van der Waals surface area contributed by atoms with Crippen molar-refractivity contribution in [1.82, 2.24) is 15.6 Å². The number of carbonyl (C=O) groups excluding carboxylic acids is 1. The maximum absolute atomic E-state index is 12.3. The van der Waals surface area contributed by atoms with Gasteiger partial charge in [-0.3, -0.25) is 9.89 Å². The molecule has 0 saturated carbocycles. The molecule has 2 N–H and O–H groups in total. The van der Waals surface area contributed by atoms with Crippen LogP contribution in [0, 0.1) is 0 Å². The molecule has 4 rings (SSSR count). The predicted octanol–water partition coefficient (Wildman–Crippen LogP) is 3.72. The van der Waals surface area contributed by atoms with Crippen LogP contribution in [0.5, 0.6) is 0 Å². The molecular weight excluding hydrogens is 324 g/mol. The Kier molecular flexibility index (Phi) is 4.35. The zero-order chi connectivity index (χ0) is 17.9. The number of benzene rings is 2. The normalized spacial score (nSPS) is 13.5. The fourth-order valence-corrected chi connectivity index (χ4v) is 3.29. The van der Waals surface area contributed by atoms with Crippen molar-refractivity contribution < 1.29 is 4.79 Å². The topological polar surface area (TPSA) is 70.1 Å². The highest BCUT2D eigenvalue weighted by molar-refractivity contribution is 6.01. The molecule has 0 unspecified atom stereocenters. The van der Waals surface area contributed by atoms with Crippen LogP contribution in [0.3, 0.4) is 0 Å². The minimum absolute atomic E-state index is 0.260. The van der Waals surface area contributed by atoms with Gasteiger partial charge in [0.15, 0.2) is 5.69 Å². The lowest BCUT2D eigenvalue weighted by Crippen LogP contribution is -2.21. The first-order valence-electron chi connectivity index (χ1n) is 8.79. The van der Waals surface area contributed by atoms with E-state index < -0.39 is 0 Å². The van der Waals surface area contributed by atoms with E-state index in [2.05, 4.69) is 45.0 Å². The van der Waals surface area contributed by atoms with E-state index >= 15 is 0 Å². The van der Waals surface area contributed by atoms with Crippen LogP contribution in [0.4, 0.5) is 0 Å². The van der Waals surface area contributed by atoms with E-state index in [-0.39, 0.29) is 5.91 Å². The third-order valence-electron chi connectivity index (χ3n) is 4.76. The monoisotopic (exact) mass is 344 g/mol. The van der Waals surface area contributed by atoms with E-state index in [9.17, 15) is 4.79 Å². The van der Waals surface area contributed by atoms with Crippen LogP contribution in [0.25, 0.3) is 11.1 Å². The Morgan fingerprint density at radius 1 is 1.04 bits per heavy atom. The Labute approximate surface area is 152 Å². The second-order valence-electron chi connectivity index (χ2n) is 6.46. The zero-order valence-corrected chi connectivity index (χ0v) is 14.6. The first-order chi connectivity index (χ1) is 12.7. The van der Waals surface area contributed by atoms with Crippen LogP contribution in [-0.4, -0.2) is 21.8 Å². The number of nitrogens with zero attached hydrogens (tertiary/aromatic N) is 2. The molecule has 0 bridgehead atoms. The van der Waals surface area contributed by atoms with Gasteiger partial charge in [0, 0.05) is 11.3 Å². The molecular formula is C21H20N4O. The first kappa shape index (κ1) is 16.3. The van der Waals surface area contributed by atoms with Gasteiger partial charge in [-0.2, -0.15) is 10.2 Å². The molecule has 2 aromatic carbocycles. The van der Waals surface area contributed by atoms with E-state index in [1.54, 1.807) is 0 Å². The maximum Gasteiger partial charge on any atom is 0.292 e. The van der Waals surface area contributed by atoms with E-state index in [1.165, 1.54) is 5.56 Å². The number of hydrogen-bond acceptors (Lipinski definition) is 3. The minimum atomic E-state index is -0.260. The standard InChI is InChI=1S/C21H20N4O/c1-14(15-10-12-17(13-11-15)16-6-3-2-4-7-16)22-25-21(26)20-18-8-5-9-19(18)23-24-20/h2-4,6-7,10-13H,5,8-9H2,1H3,(H,23,24)(H,25,26). The Morgan fingerprint density at radius 2 is 1.77 bits per heavy atom. The van der Waals surface area contributed by atoms with Crippen LogP contribution in [0.2, 0.25) is 0 Å². The summed E-state index contributed by atoms with van der Waals surface area (Å²) in [6.07, 6.45) is 2.93. The molecule has 0 spiro atoms. The SMILES string of the molecule is CC(=NNC(=O)c1n[nH]c2c1CCC2)c1ccc(-c2ccccc2)cc1. The number of rotatable bonds is 4. The van der Waals surface area contributed by atoms with Gasteiger partial charge in [-0.25, -0.2) is 5.43 Å². The highest BCUT2D eigenvalue weighted by atomic mass is 16.2. The Balaban J connectivity index is 1.47. The molecule has 0 atom stereocenters. The number of H-pyrrole nitrogens is 1. The van der Waals surface area contributed by atoms with Crippen LogP contribution < -0.4 is 5.43 Å². The Bertz CT molecular complexity index is 955. The number of amides is 1. The van der Waals surface area contributed by atoms with Gasteiger partial charge in [-0.15, -0.1) is 0 Å². The Morgan fingerprint density at radius 3 is 2.54 bits per heavy atom. The van der Waals surface area contributed by atoms with Gasteiger partial charge in [0.1, 0.15) is 0 Å². The number of hydrazone groups is 1. The summed E-state index contributed by atoms with van der Waals surface area (Å²) >= 11 is 0. The van der Waals surface area contributed by atoms with E-state index in [0.717, 1.165) is 47.4 Å². The summed E-state index contributed by atoms with van der Waals surface area (Å²) in [6.45, 7) is 1.88. The van der Waals surface area contributed by atoms with Crippen molar-refractivity contribution in [2.24, 2.45) is 5.10 Å². The summed E-state index contributed by atoms with van der Waals surface area (Å²) < 4.78 is 0. The fraction of sp³-hybridized carbons (Fsp3) is 0.190. The Hall–Kier alpha value is -3.21. The van der Waals surface area contributed by atoms with Crippen molar-refractivity contribution in [2.75, 3.05) is 0 Å². The molecule has 1 aliphatic rings. The lowest BCUT2D eigenvalue weighted by molar-refractivity contribution is 0.0949. The van der Waals surface area contributed by atoms with Crippen molar-refractivity contribution in [3.63, 3.8) is 0 Å². The van der Waals surface area contributed by atoms with Gasteiger partial charge in [-0.1, -0.05) is 54.6 Å². The van der Waals surface area contributed by atoms with E-state index in [1.807, 2.05) is 37.3 Å². The molecule has 1 aliphatic carbocycles. The van der Waals surface area contributed by atoms with Crippen molar-refractivity contribution in [2.45, 2.75) is 26.2 Å². The highest BCUT2D eigenvalue weighted by Crippen LogP contribution is 2.22. The van der Waals surface area contributed by atoms with E-state index in [0.29, 0.717) is 5.69 Å². The quantitative estimate of drug-likeness (QED) is 0.559. The van der Waals surface area contributed by atoms with Crippen LogP contribution >= 0.6 is 0 Å². The lowest BCUT2D eigenvalue weighted by Gasteiger charge is -2.05. The number of carbonyl (C=O) groups is 1. The summed E-state index contributed by atoms with van der Waals surface area (Å²) in [5, 5.41) is 11.3. The third-order valence-corrected chi connectivity index (χ3v) is 4.76. The van der Waals surface area contributed by atoms with Crippen molar-refractivity contribution >= 4 is 11.6 Å². The van der Waals surface area contributed by atoms with Crippen LogP contribution in [0.15, 0.2) is 59.7 Å². The summed E-state index contributed by atoms with van der Waals surface area (Å²) in [5.41, 5.74) is 9.25. The number of fused-ring (bicyclic) bond motifs is 1. The molecule has 5 nitrogen and oxygen atoms in total. The zero-order valence-electron chi connectivity index (χ0n) is 14.6. The first-order valence-corrected chi connectivity index (χ1v) is 8.79. The van der Waals surface area contributed by atoms with Gasteiger partial charge in [0.25, 0.3) is 5.91 Å². The molecule has 1 aromatic heterocycles. The summed E-state index contributed by atoms with van der Waals surface area (Å²) in [6, 6.07) is 18.4. The van der Waals surface area contributed by atoms with Gasteiger partial charge >= 0.3 is 0 Å². The van der Waals surface area contributed by atoms with Gasteiger partial charge in [0.05, 0.1) is 5.71 Å². The fourth-order valence-electron chi connectivity index (χ4n) is 3.29. The molecule has 130 valence electrons. The summed E-state index contributed by atoms with van der Waals surface area (Å²) in [7, 11) is 0. The molecule has 5 heteroatoms. The molecule has 1 amide bonds. The van der Waals surface area contributed by atoms with Crippen molar-refractivity contribution in [3.05, 3.63) is 77.1 Å². The number of aryl methyl sites for hydroxylation is 1. The van der Waals surface area contributed by atoms with Crippen LogP contribution in [0.1, 0.15) is 40.7 Å². The van der Waals surface area contributed by atoms with Gasteiger partial charge in [-0.05, 0) is 42.9 Å². The number of nitrogens with one attached hydrogen (secondary N) is 2. The van der Waals surface area contributed by atoms with Crippen molar-refractivity contribution in [1.29, 1.82) is 0 Å². The molecule has 0 saturated heterocycles. The minimum Gasteiger partial charge on any atom is -0.281 e. The third kappa shape index (κ3) is 3.16. The smallest absolute Gasteiger partial charge is 0.281 e. The van der Waals surface area contributed by atoms with Crippen molar-refractivity contribution in [3.8, 4) is 11.1 Å². The lowest BCUT2D eigenvalue weighted by atomic mass is 10.0. The summed E-state index contributed by atoms with van der Waals surface area (Å²) in [5.74, 6) is -0.260. The number of aromatic nitrogens is 2. The average molecular weight is 344 g/mol. The largest absolute Gasteiger partial charge is 0.292 e. The van der Waals surface area contributed by atoms with Gasteiger partial charge in [0.2, 0.25) is 0 Å². The second-order valence-corrected chi connectivity index (χ2v) is 6.46. The molecule has 0 fully saturated rings. The maximum atomic E-state index is 12.3. The molecule has 1 heterocycles. The summed E-state index contributed by atoms with van der Waals surface area (Å²) in [4.78, 5) is 12.3. The number of hydrogen-bond donors (Lipinski definition) is 2. The molecule has 3 aromatic rings. The number of aromatic amines is 1. The van der Waals surface area contributed by atoms with E-state index in [4.69, 9.17) is 0 Å². The second kappa shape index (κ2) is 6.96. The average Bonchev–Trinajstić information content (AvgIpc) is 3.30. The molecule has 0 radical (unpaired) electrons. The van der Waals surface area contributed by atoms with Gasteiger partial charge < -0.3 is 0 Å². The van der Waals surface area contributed by atoms with Crippen LogP contribution in [-0.2, 0) is 12.8 Å².